The molecule has 6 rings (SSSR count). The second-order valence-corrected chi connectivity index (χ2v) is 11.0. The van der Waals surface area contributed by atoms with Crippen LogP contribution in [0.4, 0.5) is 17.3 Å². The van der Waals surface area contributed by atoms with E-state index in [-0.39, 0.29) is 24.0 Å². The van der Waals surface area contributed by atoms with Crippen LogP contribution >= 0.6 is 23.2 Å². The summed E-state index contributed by atoms with van der Waals surface area (Å²) in [4.78, 5) is 24.0. The minimum atomic E-state index is -0.241. The number of pyridine rings is 2. The SMILES string of the molecule is C=CC(=O)N[C@H]1CN(c2cn[nH]c2)C[C@H]1Nc1cc2c(NC3COC3)nc(-c3c(Cl)c(OC)cc(OC)c3Cl)cc2cn1. The van der Waals surface area contributed by atoms with Crippen LogP contribution in [0, 0.1) is 0 Å². The van der Waals surface area contributed by atoms with Crippen molar-refractivity contribution in [3.05, 3.63) is 59.5 Å². The topological polar surface area (TPSA) is 139 Å². The van der Waals surface area contributed by atoms with Gasteiger partial charge in [0.15, 0.2) is 0 Å². The summed E-state index contributed by atoms with van der Waals surface area (Å²) in [6, 6.07) is 5.21. The normalized spacial score (nSPS) is 18.3. The lowest BCUT2D eigenvalue weighted by molar-refractivity contribution is -0.117. The lowest BCUT2D eigenvalue weighted by Gasteiger charge is -2.28. The molecule has 5 heterocycles. The van der Waals surface area contributed by atoms with Gasteiger partial charge in [0.2, 0.25) is 5.91 Å². The average molecular weight is 626 g/mol. The molecular formula is C29H30Cl2N8O4. The van der Waals surface area contributed by atoms with Crippen molar-refractivity contribution < 1.29 is 19.0 Å². The van der Waals surface area contributed by atoms with Crippen molar-refractivity contribution in [2.75, 3.05) is 56.1 Å². The Morgan fingerprint density at radius 2 is 1.84 bits per heavy atom. The first-order valence-corrected chi connectivity index (χ1v) is 14.3. The van der Waals surface area contributed by atoms with Crippen LogP contribution in [0.1, 0.15) is 0 Å². The zero-order chi connectivity index (χ0) is 30.1. The number of fused-ring (bicyclic) bond motifs is 1. The molecule has 1 aromatic carbocycles. The van der Waals surface area contributed by atoms with Gasteiger partial charge in [-0.1, -0.05) is 29.8 Å². The molecule has 0 saturated carbocycles. The third kappa shape index (κ3) is 5.73. The summed E-state index contributed by atoms with van der Waals surface area (Å²) in [5, 5.41) is 19.2. The molecule has 14 heteroatoms. The Bertz CT molecular complexity index is 1640. The number of nitrogens with one attached hydrogen (secondary N) is 4. The number of nitrogens with zero attached hydrogens (tertiary/aromatic N) is 4. The number of amides is 1. The molecule has 0 bridgehead atoms. The summed E-state index contributed by atoms with van der Waals surface area (Å²) >= 11 is 13.5. The molecule has 224 valence electrons. The third-order valence-electron chi connectivity index (χ3n) is 7.54. The van der Waals surface area contributed by atoms with Crippen molar-refractivity contribution in [2.24, 2.45) is 0 Å². The number of anilines is 3. The molecule has 0 radical (unpaired) electrons. The molecule has 2 saturated heterocycles. The van der Waals surface area contributed by atoms with Crippen LogP contribution < -0.4 is 30.3 Å². The lowest BCUT2D eigenvalue weighted by Crippen LogP contribution is -2.45. The van der Waals surface area contributed by atoms with Crippen molar-refractivity contribution in [2.45, 2.75) is 18.1 Å². The van der Waals surface area contributed by atoms with Gasteiger partial charge >= 0.3 is 0 Å². The Morgan fingerprint density at radius 3 is 2.47 bits per heavy atom. The summed E-state index contributed by atoms with van der Waals surface area (Å²) in [6.07, 6.45) is 6.62. The lowest BCUT2D eigenvalue weighted by atomic mass is 10.1. The molecule has 12 nitrogen and oxygen atoms in total. The smallest absolute Gasteiger partial charge is 0.243 e. The molecule has 2 atom stereocenters. The van der Waals surface area contributed by atoms with Crippen molar-refractivity contribution in [1.82, 2.24) is 25.5 Å². The highest BCUT2D eigenvalue weighted by molar-refractivity contribution is 6.41. The fourth-order valence-electron chi connectivity index (χ4n) is 5.24. The summed E-state index contributed by atoms with van der Waals surface area (Å²) in [5.74, 6) is 1.85. The van der Waals surface area contributed by atoms with Crippen molar-refractivity contribution >= 4 is 57.2 Å². The second kappa shape index (κ2) is 12.2. The van der Waals surface area contributed by atoms with Crippen LogP contribution in [0.25, 0.3) is 22.0 Å². The molecule has 1 amide bonds. The summed E-state index contributed by atoms with van der Waals surface area (Å²) < 4.78 is 16.3. The van der Waals surface area contributed by atoms with E-state index < -0.39 is 0 Å². The van der Waals surface area contributed by atoms with E-state index in [0.29, 0.717) is 70.7 Å². The van der Waals surface area contributed by atoms with Gasteiger partial charge in [-0.05, 0) is 18.2 Å². The maximum Gasteiger partial charge on any atom is 0.243 e. The van der Waals surface area contributed by atoms with Crippen molar-refractivity contribution in [1.29, 1.82) is 0 Å². The number of ether oxygens (including phenoxy) is 3. The molecule has 0 spiro atoms. The minimum Gasteiger partial charge on any atom is -0.495 e. The number of rotatable bonds is 10. The largest absolute Gasteiger partial charge is 0.495 e. The number of H-pyrrole nitrogens is 1. The Hall–Kier alpha value is -4.26. The van der Waals surface area contributed by atoms with Crippen molar-refractivity contribution in [3.8, 4) is 22.8 Å². The molecule has 4 N–H and O–H groups in total. The van der Waals surface area contributed by atoms with E-state index in [1.807, 2.05) is 18.3 Å². The molecule has 2 fully saturated rings. The number of hydrogen-bond donors (Lipinski definition) is 4. The number of benzene rings is 1. The van der Waals surface area contributed by atoms with Gasteiger partial charge in [-0.2, -0.15) is 5.10 Å². The highest BCUT2D eigenvalue weighted by Crippen LogP contribution is 2.46. The number of halogens is 2. The first-order valence-electron chi connectivity index (χ1n) is 13.6. The second-order valence-electron chi connectivity index (χ2n) is 10.2. The van der Waals surface area contributed by atoms with Crippen LogP contribution in [0.2, 0.25) is 10.0 Å². The highest BCUT2D eigenvalue weighted by Gasteiger charge is 2.34. The molecule has 2 aliphatic heterocycles. The van der Waals surface area contributed by atoms with Gasteiger partial charge in [-0.15, -0.1) is 0 Å². The van der Waals surface area contributed by atoms with Gasteiger partial charge in [0.05, 0.1) is 73.2 Å². The molecular weight excluding hydrogens is 595 g/mol. The van der Waals surface area contributed by atoms with Crippen molar-refractivity contribution in [3.63, 3.8) is 0 Å². The van der Waals surface area contributed by atoms with Gasteiger partial charge in [0.25, 0.3) is 0 Å². The quantitative estimate of drug-likeness (QED) is 0.190. The Morgan fingerprint density at radius 1 is 1.09 bits per heavy atom. The highest BCUT2D eigenvalue weighted by atomic mass is 35.5. The van der Waals surface area contributed by atoms with E-state index in [9.17, 15) is 4.79 Å². The molecule has 0 aliphatic carbocycles. The first-order chi connectivity index (χ1) is 20.9. The van der Waals surface area contributed by atoms with Crippen LogP contribution in [-0.4, -0.2) is 84.7 Å². The standard InChI is InChI=1S/C29H30Cl2N8O4/c1-4-25(40)37-21-12-39(17-9-33-34-10-17)11-20(21)36-24-6-18-15(8-32-24)5-19(38-29(18)35-16-13-43-14-16)26-27(30)22(41-2)7-23(42-3)28(26)31/h4-10,16,20-21H,1,11-14H2,2-3H3,(H,32,36)(H,33,34)(H,35,38)(H,37,40)/t20-,21+/m1/s1. The Kier molecular flexibility index (Phi) is 8.15. The summed E-state index contributed by atoms with van der Waals surface area (Å²) in [7, 11) is 3.06. The minimum absolute atomic E-state index is 0.0955. The van der Waals surface area contributed by atoms with Gasteiger partial charge in [0, 0.05) is 47.9 Å². The fraction of sp³-hybridized carbons (Fsp3) is 0.310. The summed E-state index contributed by atoms with van der Waals surface area (Å²) in [5.41, 5.74) is 1.96. The predicted molar refractivity (Wildman–Crippen MR) is 167 cm³/mol. The predicted octanol–water partition coefficient (Wildman–Crippen LogP) is 4.13. The fourth-order valence-corrected chi connectivity index (χ4v) is 5.94. The maximum absolute atomic E-state index is 12.2. The third-order valence-corrected chi connectivity index (χ3v) is 8.29. The van der Waals surface area contributed by atoms with Crippen LogP contribution in [-0.2, 0) is 9.53 Å². The van der Waals surface area contributed by atoms with E-state index in [4.69, 9.17) is 47.4 Å². The average Bonchev–Trinajstić information content (AvgIpc) is 3.66. The summed E-state index contributed by atoms with van der Waals surface area (Å²) in [6.45, 7) is 5.94. The number of aromatic nitrogens is 4. The van der Waals surface area contributed by atoms with E-state index in [2.05, 4.69) is 37.6 Å². The van der Waals surface area contributed by atoms with Crippen LogP contribution in [0.3, 0.4) is 0 Å². The van der Waals surface area contributed by atoms with E-state index in [1.165, 1.54) is 20.3 Å². The number of hydrogen-bond acceptors (Lipinski definition) is 10. The monoisotopic (exact) mass is 624 g/mol. The number of methoxy groups -OCH3 is 2. The number of carbonyl (C=O) groups is 1. The van der Waals surface area contributed by atoms with Gasteiger partial charge in [-0.3, -0.25) is 9.89 Å². The van der Waals surface area contributed by atoms with Crippen LogP contribution in [0.15, 0.2) is 49.4 Å². The maximum atomic E-state index is 12.2. The van der Waals surface area contributed by atoms with Gasteiger partial charge < -0.3 is 35.1 Å². The molecule has 4 aromatic rings. The molecule has 3 aromatic heterocycles. The van der Waals surface area contributed by atoms with Gasteiger partial charge in [0.1, 0.15) is 23.1 Å². The Balaban J connectivity index is 1.38. The number of aromatic amines is 1. The van der Waals surface area contributed by atoms with E-state index >= 15 is 0 Å². The first kappa shape index (κ1) is 28.8. The van der Waals surface area contributed by atoms with E-state index in [0.717, 1.165) is 16.5 Å². The molecule has 43 heavy (non-hydrogen) atoms. The zero-order valence-corrected chi connectivity index (χ0v) is 25.0. The molecule has 2 aliphatic rings. The Labute approximate surface area is 257 Å². The van der Waals surface area contributed by atoms with Crippen LogP contribution in [0.5, 0.6) is 11.5 Å². The number of carbonyl (C=O) groups excluding carboxylic acids is 1. The molecule has 0 unspecified atom stereocenters. The zero-order valence-electron chi connectivity index (χ0n) is 23.5. The van der Waals surface area contributed by atoms with E-state index in [1.54, 1.807) is 18.5 Å². The van der Waals surface area contributed by atoms with Gasteiger partial charge in [-0.25, -0.2) is 9.97 Å².